The first-order valence-corrected chi connectivity index (χ1v) is 8.17. The minimum absolute atomic E-state index is 0. The molecule has 26 heavy (non-hydrogen) atoms. The first-order valence-electron chi connectivity index (χ1n) is 8.17. The monoisotopic (exact) mass is 473 g/mol. The van der Waals surface area contributed by atoms with E-state index in [1.54, 1.807) is 26.3 Å². The number of aliphatic imine (C=N–C) groups is 1. The first-order chi connectivity index (χ1) is 12.2. The summed E-state index contributed by atoms with van der Waals surface area (Å²) in [5, 5.41) is 6.41. The van der Waals surface area contributed by atoms with E-state index in [0.717, 1.165) is 23.5 Å². The Balaban J connectivity index is 0.00000338. The van der Waals surface area contributed by atoms with Crippen molar-refractivity contribution >= 4 is 29.9 Å². The fourth-order valence-corrected chi connectivity index (χ4v) is 2.23. The largest absolute Gasteiger partial charge is 0.497 e. The molecule has 0 unspecified atom stereocenters. The molecule has 2 aromatic rings. The molecule has 0 radical (unpaired) electrons. The fraction of sp³-hybridized carbons (Fsp3) is 0.316. The number of methoxy groups -OCH3 is 1. The maximum absolute atomic E-state index is 12.9. The third-order valence-electron chi connectivity index (χ3n) is 3.55. The van der Waals surface area contributed by atoms with Crippen LogP contribution in [0.15, 0.2) is 53.5 Å². The predicted molar refractivity (Wildman–Crippen MR) is 113 cm³/mol. The third-order valence-corrected chi connectivity index (χ3v) is 3.55. The smallest absolute Gasteiger partial charge is 0.191 e. The van der Waals surface area contributed by atoms with Crippen molar-refractivity contribution in [1.82, 2.24) is 10.6 Å². The number of halogens is 2. The van der Waals surface area contributed by atoms with Gasteiger partial charge < -0.3 is 20.1 Å². The van der Waals surface area contributed by atoms with Crippen LogP contribution in [0.2, 0.25) is 0 Å². The zero-order valence-corrected chi connectivity index (χ0v) is 17.3. The molecule has 0 saturated heterocycles. The van der Waals surface area contributed by atoms with Gasteiger partial charge in [-0.2, -0.15) is 0 Å². The summed E-state index contributed by atoms with van der Waals surface area (Å²) in [7, 11) is 3.35. The minimum Gasteiger partial charge on any atom is -0.497 e. The normalized spacial score (nSPS) is 10.7. The quantitative estimate of drug-likeness (QED) is 0.268. The van der Waals surface area contributed by atoms with Gasteiger partial charge in [0.1, 0.15) is 23.9 Å². The molecule has 142 valence electrons. The summed E-state index contributed by atoms with van der Waals surface area (Å²) in [6, 6.07) is 14.0. The van der Waals surface area contributed by atoms with E-state index < -0.39 is 0 Å². The Kier molecular flexibility index (Phi) is 10.5. The number of nitrogens with zero attached hydrogens (tertiary/aromatic N) is 1. The lowest BCUT2D eigenvalue weighted by molar-refractivity contribution is 0.319. The highest BCUT2D eigenvalue weighted by atomic mass is 127. The summed E-state index contributed by atoms with van der Waals surface area (Å²) >= 11 is 0. The minimum atomic E-state index is -0.217. The second-order valence-corrected chi connectivity index (χ2v) is 5.33. The Bertz CT molecular complexity index is 681. The molecule has 0 amide bonds. The van der Waals surface area contributed by atoms with Crippen molar-refractivity contribution in [2.45, 2.75) is 6.42 Å². The molecule has 0 heterocycles. The average Bonchev–Trinajstić information content (AvgIpc) is 2.65. The van der Waals surface area contributed by atoms with E-state index in [0.29, 0.717) is 25.7 Å². The lowest BCUT2D eigenvalue weighted by Gasteiger charge is -2.13. The van der Waals surface area contributed by atoms with Crippen LogP contribution in [0.1, 0.15) is 5.56 Å². The van der Waals surface area contributed by atoms with Gasteiger partial charge in [-0.1, -0.05) is 18.2 Å². The summed E-state index contributed by atoms with van der Waals surface area (Å²) < 4.78 is 23.7. The van der Waals surface area contributed by atoms with E-state index in [9.17, 15) is 4.39 Å². The van der Waals surface area contributed by atoms with Crippen LogP contribution in [-0.4, -0.2) is 39.8 Å². The summed E-state index contributed by atoms with van der Waals surface area (Å²) in [5.74, 6) is 2.02. The maximum Gasteiger partial charge on any atom is 0.191 e. The fourth-order valence-electron chi connectivity index (χ4n) is 2.23. The van der Waals surface area contributed by atoms with Crippen LogP contribution in [0.5, 0.6) is 11.5 Å². The number of rotatable bonds is 8. The number of hydrogen-bond donors (Lipinski definition) is 2. The molecule has 2 aromatic carbocycles. The van der Waals surface area contributed by atoms with Gasteiger partial charge in [-0.15, -0.1) is 24.0 Å². The molecule has 0 aromatic heterocycles. The van der Waals surface area contributed by atoms with Crippen LogP contribution >= 0.6 is 24.0 Å². The van der Waals surface area contributed by atoms with E-state index in [1.807, 2.05) is 24.3 Å². The number of ether oxygens (including phenoxy) is 2. The van der Waals surface area contributed by atoms with Gasteiger partial charge >= 0.3 is 0 Å². The number of hydrogen-bond acceptors (Lipinski definition) is 3. The van der Waals surface area contributed by atoms with E-state index in [-0.39, 0.29) is 29.8 Å². The van der Waals surface area contributed by atoms with Crippen LogP contribution in [-0.2, 0) is 6.42 Å². The molecule has 7 heteroatoms. The van der Waals surface area contributed by atoms with Crippen molar-refractivity contribution in [1.29, 1.82) is 0 Å². The van der Waals surface area contributed by atoms with Crippen LogP contribution in [0.25, 0.3) is 0 Å². The third kappa shape index (κ3) is 7.90. The van der Waals surface area contributed by atoms with Gasteiger partial charge in [0, 0.05) is 19.7 Å². The SMILES string of the molecule is CN=C(NCCOc1cccc(OC)c1)NCCc1ccc(F)cc1.I. The Morgan fingerprint density at radius 1 is 1.04 bits per heavy atom. The van der Waals surface area contributed by atoms with Gasteiger partial charge in [0.05, 0.1) is 13.7 Å². The molecule has 0 aliphatic rings. The highest BCUT2D eigenvalue weighted by Gasteiger charge is 2.00. The Labute approximate surface area is 171 Å². The van der Waals surface area contributed by atoms with Gasteiger partial charge in [0.15, 0.2) is 5.96 Å². The maximum atomic E-state index is 12.9. The first kappa shape index (κ1) is 22.0. The molecular weight excluding hydrogens is 448 g/mol. The molecule has 0 atom stereocenters. The van der Waals surface area contributed by atoms with Crippen LogP contribution < -0.4 is 20.1 Å². The summed E-state index contributed by atoms with van der Waals surface area (Å²) in [6.07, 6.45) is 0.793. The molecule has 0 aliphatic carbocycles. The second kappa shape index (κ2) is 12.3. The molecule has 5 nitrogen and oxygen atoms in total. The zero-order valence-electron chi connectivity index (χ0n) is 15.0. The number of guanidine groups is 1. The highest BCUT2D eigenvalue weighted by molar-refractivity contribution is 14.0. The van der Waals surface area contributed by atoms with Crippen molar-refractivity contribution in [2.24, 2.45) is 4.99 Å². The summed E-state index contributed by atoms with van der Waals surface area (Å²) in [6.45, 7) is 1.83. The van der Waals surface area contributed by atoms with Crippen molar-refractivity contribution in [3.05, 3.63) is 59.9 Å². The van der Waals surface area contributed by atoms with Crippen molar-refractivity contribution in [3.8, 4) is 11.5 Å². The summed E-state index contributed by atoms with van der Waals surface area (Å²) in [5.41, 5.74) is 1.07. The molecule has 2 N–H and O–H groups in total. The van der Waals surface area contributed by atoms with Crippen molar-refractivity contribution in [3.63, 3.8) is 0 Å². The molecule has 0 bridgehead atoms. The topological polar surface area (TPSA) is 54.9 Å². The van der Waals surface area contributed by atoms with Gasteiger partial charge in [-0.05, 0) is 36.2 Å². The Hall–Kier alpha value is -2.03. The lowest BCUT2D eigenvalue weighted by atomic mass is 10.1. The summed E-state index contributed by atoms with van der Waals surface area (Å²) in [4.78, 5) is 4.16. The Morgan fingerprint density at radius 3 is 2.42 bits per heavy atom. The van der Waals surface area contributed by atoms with Gasteiger partial charge in [0.25, 0.3) is 0 Å². The van der Waals surface area contributed by atoms with E-state index >= 15 is 0 Å². The standard InChI is InChI=1S/C19H24FN3O2.HI/c1-21-19(22-11-10-15-6-8-16(20)9-7-15)23-12-13-25-18-5-3-4-17(14-18)24-2;/h3-9,14H,10-13H2,1-2H3,(H2,21,22,23);1H. The van der Waals surface area contributed by atoms with Gasteiger partial charge in [-0.3, -0.25) is 4.99 Å². The Morgan fingerprint density at radius 2 is 1.73 bits per heavy atom. The molecule has 0 saturated carbocycles. The van der Waals surface area contributed by atoms with E-state index in [1.165, 1.54) is 12.1 Å². The number of nitrogens with one attached hydrogen (secondary N) is 2. The predicted octanol–water partition coefficient (Wildman–Crippen LogP) is 3.24. The molecule has 0 aliphatic heterocycles. The zero-order chi connectivity index (χ0) is 17.9. The average molecular weight is 473 g/mol. The van der Waals surface area contributed by atoms with Gasteiger partial charge in [-0.25, -0.2) is 4.39 Å². The van der Waals surface area contributed by atoms with E-state index in [2.05, 4.69) is 15.6 Å². The highest BCUT2D eigenvalue weighted by Crippen LogP contribution is 2.18. The molecule has 0 fully saturated rings. The molecular formula is C19H25FIN3O2. The van der Waals surface area contributed by atoms with Crippen LogP contribution in [0.3, 0.4) is 0 Å². The molecule has 0 spiro atoms. The molecule has 2 rings (SSSR count). The second-order valence-electron chi connectivity index (χ2n) is 5.33. The van der Waals surface area contributed by atoms with E-state index in [4.69, 9.17) is 9.47 Å². The van der Waals surface area contributed by atoms with Crippen LogP contribution in [0.4, 0.5) is 4.39 Å². The number of benzene rings is 2. The van der Waals surface area contributed by atoms with Crippen molar-refractivity contribution in [2.75, 3.05) is 33.9 Å². The lowest BCUT2D eigenvalue weighted by Crippen LogP contribution is -2.40. The van der Waals surface area contributed by atoms with Crippen LogP contribution in [0, 0.1) is 5.82 Å². The van der Waals surface area contributed by atoms with Crippen molar-refractivity contribution < 1.29 is 13.9 Å². The van der Waals surface area contributed by atoms with Gasteiger partial charge in [0.2, 0.25) is 0 Å².